The number of carbonyl (C=O) groups is 1. The van der Waals surface area contributed by atoms with E-state index in [0.717, 1.165) is 30.5 Å². The van der Waals surface area contributed by atoms with Gasteiger partial charge in [0.25, 0.3) is 5.91 Å². The number of pyridine rings is 1. The van der Waals surface area contributed by atoms with Gasteiger partial charge in [-0.2, -0.15) is 5.10 Å². The van der Waals surface area contributed by atoms with Crippen molar-refractivity contribution in [2.45, 2.75) is 18.0 Å². The molecule has 9 heteroatoms. The SMILES string of the molecule is CS(=O)(=O)c1ccc(NC(=O)c2n[nH]c3c2CNCC3)cn1. The molecular formula is C13H15N5O3S. The second-order valence-electron chi connectivity index (χ2n) is 5.07. The van der Waals surface area contributed by atoms with E-state index in [1.807, 2.05) is 0 Å². The van der Waals surface area contributed by atoms with Crippen LogP contribution in [0.1, 0.15) is 21.7 Å². The van der Waals surface area contributed by atoms with E-state index in [4.69, 9.17) is 0 Å². The molecule has 0 spiro atoms. The van der Waals surface area contributed by atoms with Crippen LogP contribution in [0.4, 0.5) is 5.69 Å². The number of carbonyl (C=O) groups excluding carboxylic acids is 1. The van der Waals surface area contributed by atoms with Gasteiger partial charge < -0.3 is 10.6 Å². The quantitative estimate of drug-likeness (QED) is 0.738. The summed E-state index contributed by atoms with van der Waals surface area (Å²) in [6, 6.07) is 2.85. The molecular weight excluding hydrogens is 306 g/mol. The van der Waals surface area contributed by atoms with Crippen molar-refractivity contribution < 1.29 is 13.2 Å². The Bertz CT molecular complexity index is 811. The van der Waals surface area contributed by atoms with Gasteiger partial charge in [0, 0.05) is 37.0 Å². The monoisotopic (exact) mass is 321 g/mol. The number of anilines is 1. The van der Waals surface area contributed by atoms with Crippen LogP contribution in [0.15, 0.2) is 23.4 Å². The van der Waals surface area contributed by atoms with Crippen molar-refractivity contribution in [3.8, 4) is 0 Å². The van der Waals surface area contributed by atoms with E-state index in [1.165, 1.54) is 18.3 Å². The Morgan fingerprint density at radius 2 is 2.18 bits per heavy atom. The number of hydrogen-bond donors (Lipinski definition) is 3. The molecule has 0 unspecified atom stereocenters. The second-order valence-corrected chi connectivity index (χ2v) is 7.03. The number of hydrogen-bond acceptors (Lipinski definition) is 6. The molecule has 0 radical (unpaired) electrons. The predicted octanol–water partition coefficient (Wildman–Crippen LogP) is 0.106. The van der Waals surface area contributed by atoms with Gasteiger partial charge in [0.05, 0.1) is 11.9 Å². The Morgan fingerprint density at radius 1 is 1.36 bits per heavy atom. The van der Waals surface area contributed by atoms with Gasteiger partial charge >= 0.3 is 0 Å². The summed E-state index contributed by atoms with van der Waals surface area (Å²) < 4.78 is 22.7. The van der Waals surface area contributed by atoms with E-state index in [2.05, 4.69) is 25.8 Å². The third kappa shape index (κ3) is 2.85. The zero-order valence-corrected chi connectivity index (χ0v) is 12.7. The fourth-order valence-corrected chi connectivity index (χ4v) is 2.84. The highest BCUT2D eigenvalue weighted by atomic mass is 32.2. The molecule has 8 nitrogen and oxygen atoms in total. The summed E-state index contributed by atoms with van der Waals surface area (Å²) in [7, 11) is -3.35. The smallest absolute Gasteiger partial charge is 0.276 e. The maximum atomic E-state index is 12.3. The Kier molecular flexibility index (Phi) is 3.67. The van der Waals surface area contributed by atoms with E-state index in [-0.39, 0.29) is 10.9 Å². The summed E-state index contributed by atoms with van der Waals surface area (Å²) in [6.45, 7) is 1.45. The molecule has 3 N–H and O–H groups in total. The van der Waals surface area contributed by atoms with Crippen LogP contribution >= 0.6 is 0 Å². The number of aromatic nitrogens is 3. The van der Waals surface area contributed by atoms with Gasteiger partial charge in [-0.15, -0.1) is 0 Å². The number of rotatable bonds is 3. The molecule has 0 saturated carbocycles. The van der Waals surface area contributed by atoms with Crippen LogP contribution in [0.2, 0.25) is 0 Å². The summed E-state index contributed by atoms with van der Waals surface area (Å²) in [5.41, 5.74) is 2.59. The van der Waals surface area contributed by atoms with Crippen molar-refractivity contribution in [2.24, 2.45) is 0 Å². The lowest BCUT2D eigenvalue weighted by Gasteiger charge is -2.12. The number of aromatic amines is 1. The number of fused-ring (bicyclic) bond motifs is 1. The van der Waals surface area contributed by atoms with Crippen LogP contribution in [0.5, 0.6) is 0 Å². The highest BCUT2D eigenvalue weighted by molar-refractivity contribution is 7.90. The van der Waals surface area contributed by atoms with Crippen LogP contribution in [-0.4, -0.2) is 42.3 Å². The van der Waals surface area contributed by atoms with Crippen LogP contribution in [0.25, 0.3) is 0 Å². The van der Waals surface area contributed by atoms with Gasteiger partial charge in [0.2, 0.25) is 0 Å². The molecule has 1 aliphatic rings. The van der Waals surface area contributed by atoms with E-state index in [9.17, 15) is 13.2 Å². The second kappa shape index (κ2) is 5.50. The van der Waals surface area contributed by atoms with Crippen molar-refractivity contribution >= 4 is 21.4 Å². The number of nitrogens with zero attached hydrogens (tertiary/aromatic N) is 2. The molecule has 3 rings (SSSR count). The summed E-state index contributed by atoms with van der Waals surface area (Å²) in [5.74, 6) is -0.352. The summed E-state index contributed by atoms with van der Waals surface area (Å²) >= 11 is 0. The normalized spacial score (nSPS) is 14.4. The third-order valence-electron chi connectivity index (χ3n) is 3.40. The van der Waals surface area contributed by atoms with Gasteiger partial charge in [-0.3, -0.25) is 9.89 Å². The average Bonchev–Trinajstić information content (AvgIpc) is 2.91. The van der Waals surface area contributed by atoms with Crippen molar-refractivity contribution in [3.05, 3.63) is 35.3 Å². The maximum absolute atomic E-state index is 12.3. The van der Waals surface area contributed by atoms with E-state index < -0.39 is 9.84 Å². The van der Waals surface area contributed by atoms with E-state index in [0.29, 0.717) is 17.9 Å². The molecule has 2 aromatic heterocycles. The zero-order chi connectivity index (χ0) is 15.7. The minimum Gasteiger partial charge on any atom is -0.319 e. The molecule has 0 fully saturated rings. The number of H-pyrrole nitrogens is 1. The summed E-state index contributed by atoms with van der Waals surface area (Å²) in [6.07, 6.45) is 3.20. The first-order chi connectivity index (χ1) is 10.4. The molecule has 2 aromatic rings. The van der Waals surface area contributed by atoms with E-state index >= 15 is 0 Å². The highest BCUT2D eigenvalue weighted by Gasteiger charge is 2.21. The van der Waals surface area contributed by atoms with Gasteiger partial charge in [-0.25, -0.2) is 13.4 Å². The predicted molar refractivity (Wildman–Crippen MR) is 79.3 cm³/mol. The lowest BCUT2D eigenvalue weighted by molar-refractivity contribution is 0.102. The molecule has 1 amide bonds. The zero-order valence-electron chi connectivity index (χ0n) is 11.9. The van der Waals surface area contributed by atoms with Crippen molar-refractivity contribution in [1.82, 2.24) is 20.5 Å². The van der Waals surface area contributed by atoms with Gasteiger partial charge in [-0.1, -0.05) is 0 Å². The third-order valence-corrected chi connectivity index (χ3v) is 4.40. The van der Waals surface area contributed by atoms with Crippen LogP contribution in [0, 0.1) is 0 Å². The topological polar surface area (TPSA) is 117 Å². The first kappa shape index (κ1) is 14.7. The number of sulfone groups is 1. The first-order valence-corrected chi connectivity index (χ1v) is 8.58. The summed E-state index contributed by atoms with van der Waals surface area (Å²) in [4.78, 5) is 16.1. The minimum absolute atomic E-state index is 0.0353. The number of amides is 1. The Hall–Kier alpha value is -2.26. The molecule has 0 aromatic carbocycles. The van der Waals surface area contributed by atoms with E-state index in [1.54, 1.807) is 0 Å². The Morgan fingerprint density at radius 3 is 2.86 bits per heavy atom. The highest BCUT2D eigenvalue weighted by Crippen LogP contribution is 2.17. The lowest BCUT2D eigenvalue weighted by atomic mass is 10.1. The molecule has 0 saturated heterocycles. The van der Waals surface area contributed by atoms with Gasteiger partial charge in [0.1, 0.15) is 0 Å². The summed E-state index contributed by atoms with van der Waals surface area (Å²) in [5, 5.41) is 12.8. The van der Waals surface area contributed by atoms with Gasteiger partial charge in [0.15, 0.2) is 20.6 Å². The average molecular weight is 321 g/mol. The molecule has 0 atom stereocenters. The fourth-order valence-electron chi connectivity index (χ4n) is 2.28. The first-order valence-electron chi connectivity index (χ1n) is 6.69. The standard InChI is InChI=1S/C13H15N5O3S/c1-22(20,21)11-3-2-8(6-15-11)16-13(19)12-9-7-14-5-4-10(9)17-18-12/h2-3,6,14H,4-5,7H2,1H3,(H,16,19)(H,17,18). The fraction of sp³-hybridized carbons (Fsp3) is 0.308. The number of nitrogens with one attached hydrogen (secondary N) is 3. The van der Waals surface area contributed by atoms with Crippen molar-refractivity contribution in [2.75, 3.05) is 18.1 Å². The lowest BCUT2D eigenvalue weighted by Crippen LogP contribution is -2.25. The Balaban J connectivity index is 1.78. The molecule has 22 heavy (non-hydrogen) atoms. The molecule has 116 valence electrons. The van der Waals surface area contributed by atoms with Crippen LogP contribution < -0.4 is 10.6 Å². The minimum atomic E-state index is -3.35. The van der Waals surface area contributed by atoms with Crippen LogP contribution in [-0.2, 0) is 22.8 Å². The largest absolute Gasteiger partial charge is 0.319 e. The molecule has 1 aliphatic heterocycles. The molecule has 0 aliphatic carbocycles. The van der Waals surface area contributed by atoms with Crippen molar-refractivity contribution in [3.63, 3.8) is 0 Å². The molecule has 3 heterocycles. The molecule has 0 bridgehead atoms. The maximum Gasteiger partial charge on any atom is 0.276 e. The van der Waals surface area contributed by atoms with Crippen molar-refractivity contribution in [1.29, 1.82) is 0 Å². The Labute approximate surface area is 127 Å². The van der Waals surface area contributed by atoms with Crippen LogP contribution in [0.3, 0.4) is 0 Å². The van der Waals surface area contributed by atoms with Gasteiger partial charge in [-0.05, 0) is 12.1 Å².